The van der Waals surface area contributed by atoms with Gasteiger partial charge in [-0.2, -0.15) is 0 Å². The molecule has 6 nitrogen and oxygen atoms in total. The van der Waals surface area contributed by atoms with Crippen molar-refractivity contribution < 1.29 is 23.5 Å². The topological polar surface area (TPSA) is 75.7 Å². The van der Waals surface area contributed by atoms with E-state index >= 15 is 0 Å². The quantitative estimate of drug-likeness (QED) is 0.514. The molecule has 0 aliphatic carbocycles. The molecule has 134 valence electrons. The number of urea groups is 1. The zero-order valence-electron chi connectivity index (χ0n) is 13.9. The number of carbonyl (C=O) groups is 3. The van der Waals surface area contributed by atoms with Gasteiger partial charge >= 0.3 is 6.03 Å². The second-order valence-corrected chi connectivity index (χ2v) is 5.47. The largest absolute Gasteiger partial charge is 0.481 e. The third-order valence-electron chi connectivity index (χ3n) is 3.71. The molecule has 0 radical (unpaired) electrons. The van der Waals surface area contributed by atoms with Gasteiger partial charge in [-0.05, 0) is 35.9 Å². The van der Waals surface area contributed by atoms with Crippen molar-refractivity contribution in [2.45, 2.75) is 0 Å². The van der Waals surface area contributed by atoms with Crippen LogP contribution in [0.4, 0.5) is 14.9 Å². The lowest BCUT2D eigenvalue weighted by Gasteiger charge is -2.26. The summed E-state index contributed by atoms with van der Waals surface area (Å²) in [6.07, 6.45) is 6.43. The number of hydrogen-bond donors (Lipinski definition) is 1. The van der Waals surface area contributed by atoms with Crippen LogP contribution >= 0.6 is 0 Å². The van der Waals surface area contributed by atoms with Crippen molar-refractivity contribution in [3.63, 3.8) is 0 Å². The lowest BCUT2D eigenvalue weighted by atomic mass is 10.1. The Kier molecular flexibility index (Phi) is 4.99. The fourth-order valence-corrected chi connectivity index (χ4v) is 2.46. The molecule has 1 saturated heterocycles. The van der Waals surface area contributed by atoms with Gasteiger partial charge in [-0.15, -0.1) is 6.42 Å². The van der Waals surface area contributed by atoms with Crippen LogP contribution in [0.5, 0.6) is 5.75 Å². The predicted molar refractivity (Wildman–Crippen MR) is 96.2 cm³/mol. The third-order valence-corrected chi connectivity index (χ3v) is 3.71. The molecular formula is C20H13FN2O4. The fraction of sp³-hybridized carbons (Fsp3) is 0.0500. The smallest absolute Gasteiger partial charge is 0.336 e. The first-order valence-electron chi connectivity index (χ1n) is 7.83. The van der Waals surface area contributed by atoms with E-state index in [2.05, 4.69) is 5.92 Å². The van der Waals surface area contributed by atoms with Gasteiger partial charge in [0, 0.05) is 0 Å². The molecule has 27 heavy (non-hydrogen) atoms. The van der Waals surface area contributed by atoms with Crippen LogP contribution in [0.2, 0.25) is 0 Å². The normalized spacial score (nSPS) is 15.5. The average Bonchev–Trinajstić information content (AvgIpc) is 2.66. The number of halogens is 1. The van der Waals surface area contributed by atoms with E-state index in [4.69, 9.17) is 11.2 Å². The lowest BCUT2D eigenvalue weighted by Crippen LogP contribution is -2.54. The summed E-state index contributed by atoms with van der Waals surface area (Å²) in [6, 6.07) is 10.8. The number of benzene rings is 2. The SMILES string of the molecule is C#CCOc1ccc(/C=C2\C(=O)NC(=O)N(c3ccccc3F)C2=O)cc1. The summed E-state index contributed by atoms with van der Waals surface area (Å²) >= 11 is 0. The summed E-state index contributed by atoms with van der Waals surface area (Å²) < 4.78 is 19.3. The van der Waals surface area contributed by atoms with Gasteiger partial charge in [0.1, 0.15) is 23.7 Å². The third kappa shape index (κ3) is 3.70. The Bertz CT molecular complexity index is 990. The minimum Gasteiger partial charge on any atom is -0.481 e. The predicted octanol–water partition coefficient (Wildman–Crippen LogP) is 2.50. The van der Waals surface area contributed by atoms with Crippen molar-refractivity contribution in [1.82, 2.24) is 5.32 Å². The first-order chi connectivity index (χ1) is 13.0. The van der Waals surface area contributed by atoms with Crippen LogP contribution in [0, 0.1) is 18.2 Å². The van der Waals surface area contributed by atoms with Gasteiger partial charge in [0.2, 0.25) is 0 Å². The molecule has 1 aliphatic rings. The number of rotatable bonds is 4. The average molecular weight is 364 g/mol. The number of amides is 4. The second kappa shape index (κ2) is 7.54. The lowest BCUT2D eigenvalue weighted by molar-refractivity contribution is -0.122. The second-order valence-electron chi connectivity index (χ2n) is 5.47. The van der Waals surface area contributed by atoms with Crippen LogP contribution in [0.15, 0.2) is 54.1 Å². The number of nitrogens with one attached hydrogen (secondary N) is 1. The maximum atomic E-state index is 14.0. The molecule has 1 aliphatic heterocycles. The van der Waals surface area contributed by atoms with E-state index < -0.39 is 23.7 Å². The van der Waals surface area contributed by atoms with Crippen molar-refractivity contribution in [2.24, 2.45) is 0 Å². The van der Waals surface area contributed by atoms with E-state index in [0.717, 1.165) is 6.07 Å². The van der Waals surface area contributed by atoms with Crippen LogP contribution in [0.1, 0.15) is 5.56 Å². The molecule has 0 spiro atoms. The maximum absolute atomic E-state index is 14.0. The van der Waals surface area contributed by atoms with Gasteiger partial charge in [-0.25, -0.2) is 14.1 Å². The summed E-state index contributed by atoms with van der Waals surface area (Å²) in [5, 5.41) is 2.04. The molecule has 0 saturated carbocycles. The highest BCUT2D eigenvalue weighted by Gasteiger charge is 2.37. The van der Waals surface area contributed by atoms with Crippen molar-refractivity contribution in [3.05, 3.63) is 65.5 Å². The van der Waals surface area contributed by atoms with Gasteiger partial charge in [0.25, 0.3) is 11.8 Å². The number of imide groups is 2. The van der Waals surface area contributed by atoms with E-state index in [1.807, 2.05) is 5.32 Å². The number of para-hydroxylation sites is 1. The molecule has 1 N–H and O–H groups in total. The summed E-state index contributed by atoms with van der Waals surface area (Å²) in [7, 11) is 0. The first-order valence-corrected chi connectivity index (χ1v) is 7.83. The van der Waals surface area contributed by atoms with Crippen LogP contribution < -0.4 is 15.0 Å². The molecule has 0 atom stereocenters. The highest BCUT2D eigenvalue weighted by Crippen LogP contribution is 2.24. The minimum atomic E-state index is -1.01. The van der Waals surface area contributed by atoms with Gasteiger partial charge in [0.05, 0.1) is 5.69 Å². The van der Waals surface area contributed by atoms with Gasteiger partial charge < -0.3 is 4.74 Å². The van der Waals surface area contributed by atoms with E-state index in [-0.39, 0.29) is 17.9 Å². The Morgan fingerprint density at radius 3 is 2.48 bits per heavy atom. The molecule has 2 aromatic rings. The highest BCUT2D eigenvalue weighted by atomic mass is 19.1. The van der Waals surface area contributed by atoms with E-state index in [1.165, 1.54) is 24.3 Å². The molecular weight excluding hydrogens is 351 g/mol. The minimum absolute atomic E-state index is 0.112. The summed E-state index contributed by atoms with van der Waals surface area (Å²) in [5.41, 5.74) is -0.0176. The van der Waals surface area contributed by atoms with Crippen LogP contribution in [0.25, 0.3) is 6.08 Å². The zero-order chi connectivity index (χ0) is 19.4. The number of terminal acetylenes is 1. The molecule has 7 heteroatoms. The summed E-state index contributed by atoms with van der Waals surface area (Å²) in [6.45, 7) is 0.112. The number of hydrogen-bond acceptors (Lipinski definition) is 4. The van der Waals surface area contributed by atoms with Crippen molar-refractivity contribution in [1.29, 1.82) is 0 Å². The van der Waals surface area contributed by atoms with Crippen LogP contribution in [-0.4, -0.2) is 24.5 Å². The standard InChI is InChI=1S/C20H13FN2O4/c1-2-11-27-14-9-7-13(8-10-14)12-15-18(24)22-20(26)23(19(15)25)17-6-4-3-5-16(17)21/h1,3-10,12H,11H2,(H,22,24,26)/b15-12+. The van der Waals surface area contributed by atoms with E-state index in [9.17, 15) is 18.8 Å². The van der Waals surface area contributed by atoms with Crippen molar-refractivity contribution in [3.8, 4) is 18.1 Å². The van der Waals surface area contributed by atoms with Crippen LogP contribution in [-0.2, 0) is 9.59 Å². The maximum Gasteiger partial charge on any atom is 0.336 e. The Labute approximate surface area is 154 Å². The Morgan fingerprint density at radius 2 is 1.81 bits per heavy atom. The highest BCUT2D eigenvalue weighted by molar-refractivity contribution is 6.39. The van der Waals surface area contributed by atoms with Gasteiger partial charge in [-0.1, -0.05) is 30.2 Å². The van der Waals surface area contributed by atoms with Gasteiger partial charge in [0.15, 0.2) is 0 Å². The summed E-state index contributed by atoms with van der Waals surface area (Å²) in [4.78, 5) is 37.4. The molecule has 2 aromatic carbocycles. The first kappa shape index (κ1) is 17.9. The van der Waals surface area contributed by atoms with Gasteiger partial charge in [-0.3, -0.25) is 14.9 Å². The number of nitrogens with zero attached hydrogens (tertiary/aromatic N) is 1. The molecule has 1 fully saturated rings. The Balaban J connectivity index is 1.92. The van der Waals surface area contributed by atoms with Crippen molar-refractivity contribution >= 4 is 29.6 Å². The Hall–Kier alpha value is -3.92. The number of barbiturate groups is 1. The Morgan fingerprint density at radius 1 is 1.11 bits per heavy atom. The molecule has 3 rings (SSSR count). The van der Waals surface area contributed by atoms with Crippen LogP contribution in [0.3, 0.4) is 0 Å². The molecule has 0 aromatic heterocycles. The zero-order valence-corrected chi connectivity index (χ0v) is 13.9. The summed E-state index contributed by atoms with van der Waals surface area (Å²) in [5.74, 6) is 0.332. The van der Waals surface area contributed by atoms with E-state index in [1.54, 1.807) is 24.3 Å². The van der Waals surface area contributed by atoms with Crippen molar-refractivity contribution in [2.75, 3.05) is 11.5 Å². The number of carbonyl (C=O) groups excluding carboxylic acids is 3. The fourth-order valence-electron chi connectivity index (χ4n) is 2.46. The van der Waals surface area contributed by atoms with E-state index in [0.29, 0.717) is 16.2 Å². The molecule has 1 heterocycles. The number of anilines is 1. The monoisotopic (exact) mass is 364 g/mol. The number of ether oxygens (including phenoxy) is 1. The molecule has 0 bridgehead atoms. The molecule has 0 unspecified atom stereocenters. The molecule has 4 amide bonds.